The first-order valence-corrected chi connectivity index (χ1v) is 4.60. The summed E-state index contributed by atoms with van der Waals surface area (Å²) in [6, 6.07) is 4.37. The minimum Gasteiger partial charge on any atom is -0.481 e. The third-order valence-electron chi connectivity index (χ3n) is 2.09. The van der Waals surface area contributed by atoms with Crippen LogP contribution in [0.15, 0.2) is 18.2 Å². The molecule has 5 nitrogen and oxygen atoms in total. The van der Waals surface area contributed by atoms with E-state index in [4.69, 9.17) is 14.9 Å². The number of aromatic carboxylic acids is 1. The van der Waals surface area contributed by atoms with E-state index in [0.717, 1.165) is 0 Å². The molecule has 1 aromatic rings. The molecule has 16 heavy (non-hydrogen) atoms. The fourth-order valence-electron chi connectivity index (χ4n) is 1.38. The Kier molecular flexibility index (Phi) is 4.02. The zero-order chi connectivity index (χ0) is 12.1. The van der Waals surface area contributed by atoms with Gasteiger partial charge in [-0.2, -0.15) is 0 Å². The summed E-state index contributed by atoms with van der Waals surface area (Å²) in [4.78, 5) is 21.3. The van der Waals surface area contributed by atoms with Crippen LogP contribution in [0.25, 0.3) is 0 Å². The lowest BCUT2D eigenvalue weighted by Crippen LogP contribution is -2.07. The lowest BCUT2D eigenvalue weighted by atomic mass is 10.0. The van der Waals surface area contributed by atoms with Crippen molar-refractivity contribution in [2.75, 3.05) is 7.11 Å². The third kappa shape index (κ3) is 3.06. The predicted octanol–water partition coefficient (Wildman–Crippen LogP) is 1.16. The SMILES string of the molecule is COCc1ccc(C(=O)O)cc1CC(=O)O. The Hall–Kier alpha value is -1.88. The fourth-order valence-corrected chi connectivity index (χ4v) is 1.38. The molecule has 0 aliphatic rings. The Morgan fingerprint density at radius 2 is 1.94 bits per heavy atom. The minimum atomic E-state index is -1.07. The number of carboxylic acids is 2. The maximum Gasteiger partial charge on any atom is 0.335 e. The predicted molar refractivity (Wildman–Crippen MR) is 55.5 cm³/mol. The second-order valence-electron chi connectivity index (χ2n) is 3.29. The maximum absolute atomic E-state index is 10.7. The van der Waals surface area contributed by atoms with Crippen LogP contribution >= 0.6 is 0 Å². The molecular formula is C11H12O5. The van der Waals surface area contributed by atoms with Gasteiger partial charge in [-0.05, 0) is 23.3 Å². The number of carboxylic acid groups (broad SMARTS) is 2. The molecule has 0 unspecified atom stereocenters. The highest BCUT2D eigenvalue weighted by molar-refractivity contribution is 5.88. The lowest BCUT2D eigenvalue weighted by molar-refractivity contribution is -0.136. The third-order valence-corrected chi connectivity index (χ3v) is 2.09. The molecule has 0 amide bonds. The first-order valence-electron chi connectivity index (χ1n) is 4.60. The summed E-state index contributed by atoms with van der Waals surface area (Å²) in [6.07, 6.45) is -0.209. The summed E-state index contributed by atoms with van der Waals surface area (Å²) in [5.74, 6) is -2.07. The first kappa shape index (κ1) is 12.2. The number of aliphatic carboxylic acids is 1. The van der Waals surface area contributed by atoms with Gasteiger partial charge in [0.1, 0.15) is 0 Å². The molecule has 1 aromatic carbocycles. The molecule has 0 atom stereocenters. The molecular weight excluding hydrogens is 212 g/mol. The van der Waals surface area contributed by atoms with E-state index >= 15 is 0 Å². The van der Waals surface area contributed by atoms with Crippen molar-refractivity contribution >= 4 is 11.9 Å². The lowest BCUT2D eigenvalue weighted by Gasteiger charge is -2.07. The average molecular weight is 224 g/mol. The topological polar surface area (TPSA) is 83.8 Å². The molecule has 0 aliphatic heterocycles. The van der Waals surface area contributed by atoms with Crippen LogP contribution in [-0.4, -0.2) is 29.3 Å². The molecule has 0 aromatic heterocycles. The van der Waals surface area contributed by atoms with Gasteiger partial charge in [0.15, 0.2) is 0 Å². The van der Waals surface area contributed by atoms with Crippen molar-refractivity contribution in [1.82, 2.24) is 0 Å². The Bertz CT molecular complexity index is 411. The molecule has 0 saturated carbocycles. The second-order valence-corrected chi connectivity index (χ2v) is 3.29. The largest absolute Gasteiger partial charge is 0.481 e. The Balaban J connectivity index is 3.09. The Morgan fingerprint density at radius 1 is 1.25 bits per heavy atom. The summed E-state index contributed by atoms with van der Waals surface area (Å²) in [6.45, 7) is 0.266. The van der Waals surface area contributed by atoms with Gasteiger partial charge < -0.3 is 14.9 Å². The molecule has 86 valence electrons. The van der Waals surface area contributed by atoms with Gasteiger partial charge in [-0.1, -0.05) is 6.07 Å². The molecule has 2 N–H and O–H groups in total. The molecule has 0 fully saturated rings. The van der Waals surface area contributed by atoms with E-state index in [1.54, 1.807) is 6.07 Å². The van der Waals surface area contributed by atoms with Crippen LogP contribution in [0.2, 0.25) is 0 Å². The van der Waals surface area contributed by atoms with Gasteiger partial charge in [0.05, 0.1) is 18.6 Å². The number of methoxy groups -OCH3 is 1. The summed E-state index contributed by atoms with van der Waals surface area (Å²) in [5, 5.41) is 17.5. The smallest absolute Gasteiger partial charge is 0.335 e. The average Bonchev–Trinajstić information content (AvgIpc) is 2.19. The van der Waals surface area contributed by atoms with Crippen molar-refractivity contribution < 1.29 is 24.5 Å². The summed E-state index contributed by atoms with van der Waals surface area (Å²) < 4.78 is 4.91. The van der Waals surface area contributed by atoms with Crippen LogP contribution in [0.3, 0.4) is 0 Å². The summed E-state index contributed by atoms with van der Waals surface area (Å²) in [5.41, 5.74) is 1.24. The molecule has 0 spiro atoms. The summed E-state index contributed by atoms with van der Waals surface area (Å²) >= 11 is 0. The van der Waals surface area contributed by atoms with Crippen molar-refractivity contribution in [1.29, 1.82) is 0 Å². The van der Waals surface area contributed by atoms with Gasteiger partial charge in [-0.3, -0.25) is 4.79 Å². The van der Waals surface area contributed by atoms with Crippen LogP contribution in [0.5, 0.6) is 0 Å². The molecule has 0 aliphatic carbocycles. The van der Waals surface area contributed by atoms with Crippen molar-refractivity contribution in [3.05, 3.63) is 34.9 Å². The number of hydrogen-bond donors (Lipinski definition) is 2. The second kappa shape index (κ2) is 5.27. The molecule has 0 heterocycles. The van der Waals surface area contributed by atoms with Crippen molar-refractivity contribution in [2.45, 2.75) is 13.0 Å². The Morgan fingerprint density at radius 3 is 2.44 bits per heavy atom. The van der Waals surface area contributed by atoms with Crippen LogP contribution in [0, 0.1) is 0 Å². The number of ether oxygens (including phenoxy) is 1. The van der Waals surface area contributed by atoms with Crippen LogP contribution in [0.1, 0.15) is 21.5 Å². The van der Waals surface area contributed by atoms with Crippen LogP contribution in [0.4, 0.5) is 0 Å². The summed E-state index contributed by atoms with van der Waals surface area (Å²) in [7, 11) is 1.50. The van der Waals surface area contributed by atoms with Crippen molar-refractivity contribution in [3.8, 4) is 0 Å². The number of rotatable bonds is 5. The van der Waals surface area contributed by atoms with Crippen molar-refractivity contribution in [3.63, 3.8) is 0 Å². The molecule has 5 heteroatoms. The van der Waals surface area contributed by atoms with Gasteiger partial charge in [-0.15, -0.1) is 0 Å². The standard InChI is InChI=1S/C11H12O5/c1-16-6-8-3-2-7(11(14)15)4-9(8)5-10(12)13/h2-4H,5-6H2,1H3,(H,12,13)(H,14,15). The fraction of sp³-hybridized carbons (Fsp3) is 0.273. The van der Waals surface area contributed by atoms with Gasteiger partial charge in [0.25, 0.3) is 0 Å². The minimum absolute atomic E-state index is 0.0797. The zero-order valence-corrected chi connectivity index (χ0v) is 8.77. The maximum atomic E-state index is 10.7. The van der Waals surface area contributed by atoms with Crippen molar-refractivity contribution in [2.24, 2.45) is 0 Å². The highest BCUT2D eigenvalue weighted by atomic mass is 16.5. The number of hydrogen-bond acceptors (Lipinski definition) is 3. The van der Waals surface area contributed by atoms with Crippen LogP contribution < -0.4 is 0 Å². The van der Waals surface area contributed by atoms with Gasteiger partial charge in [-0.25, -0.2) is 4.79 Å². The molecule has 0 saturated heterocycles. The normalized spacial score (nSPS) is 10.1. The highest BCUT2D eigenvalue weighted by Gasteiger charge is 2.10. The van der Waals surface area contributed by atoms with Crippen LogP contribution in [-0.2, 0) is 22.6 Å². The van der Waals surface area contributed by atoms with Gasteiger partial charge >= 0.3 is 11.9 Å². The number of benzene rings is 1. The zero-order valence-electron chi connectivity index (χ0n) is 8.77. The van der Waals surface area contributed by atoms with E-state index in [-0.39, 0.29) is 18.6 Å². The quantitative estimate of drug-likeness (QED) is 0.784. The van der Waals surface area contributed by atoms with Gasteiger partial charge in [0.2, 0.25) is 0 Å². The van der Waals surface area contributed by atoms with E-state index in [1.165, 1.54) is 19.2 Å². The monoisotopic (exact) mass is 224 g/mol. The van der Waals surface area contributed by atoms with E-state index in [1.807, 2.05) is 0 Å². The van der Waals surface area contributed by atoms with E-state index in [0.29, 0.717) is 11.1 Å². The van der Waals surface area contributed by atoms with E-state index in [9.17, 15) is 9.59 Å². The van der Waals surface area contributed by atoms with E-state index < -0.39 is 11.9 Å². The highest BCUT2D eigenvalue weighted by Crippen LogP contribution is 2.14. The number of carbonyl (C=O) groups is 2. The van der Waals surface area contributed by atoms with E-state index in [2.05, 4.69) is 0 Å². The first-order chi connectivity index (χ1) is 7.54. The molecule has 0 radical (unpaired) electrons. The molecule has 1 rings (SSSR count). The molecule has 0 bridgehead atoms. The van der Waals surface area contributed by atoms with Gasteiger partial charge in [0, 0.05) is 7.11 Å². The Labute approximate surface area is 92.3 Å².